The normalized spacial score (nSPS) is 17.1. The number of rotatable bonds is 4. The van der Waals surface area contributed by atoms with Crippen molar-refractivity contribution in [2.24, 2.45) is 0 Å². The van der Waals surface area contributed by atoms with E-state index in [0.717, 1.165) is 25.1 Å². The molecule has 3 heterocycles. The fraction of sp³-hybridized carbons (Fsp3) is 0.312. The van der Waals surface area contributed by atoms with Gasteiger partial charge < -0.3 is 19.9 Å². The molecule has 130 valence electrons. The number of ether oxygens (including phenoxy) is 2. The van der Waals surface area contributed by atoms with Crippen LogP contribution < -0.4 is 10.1 Å². The van der Waals surface area contributed by atoms with Gasteiger partial charge in [-0.25, -0.2) is 15.0 Å². The highest BCUT2D eigenvalue weighted by Crippen LogP contribution is 2.32. The Bertz CT molecular complexity index is 924. The van der Waals surface area contributed by atoms with Gasteiger partial charge in [-0.2, -0.15) is 0 Å². The summed E-state index contributed by atoms with van der Waals surface area (Å²) in [5.41, 5.74) is 2.07. The minimum atomic E-state index is -0.0337. The predicted molar refractivity (Wildman–Crippen MR) is 100 cm³/mol. The predicted octanol–water partition coefficient (Wildman–Crippen LogP) is 3.20. The van der Waals surface area contributed by atoms with Crippen LogP contribution in [0.3, 0.4) is 0 Å². The van der Waals surface area contributed by atoms with Crippen LogP contribution in [0.15, 0.2) is 24.5 Å². The minimum Gasteiger partial charge on any atom is -0.504 e. The highest BCUT2D eigenvalue weighted by molar-refractivity contribution is 14.1. The molecule has 25 heavy (non-hydrogen) atoms. The second-order valence-electron chi connectivity index (χ2n) is 5.64. The molecule has 1 unspecified atom stereocenters. The van der Waals surface area contributed by atoms with Crippen LogP contribution in [0.4, 0.5) is 11.5 Å². The van der Waals surface area contributed by atoms with E-state index in [1.165, 1.54) is 7.11 Å². The van der Waals surface area contributed by atoms with Crippen molar-refractivity contribution < 1.29 is 14.6 Å². The van der Waals surface area contributed by atoms with Gasteiger partial charge in [-0.05, 0) is 25.0 Å². The number of phenols is 1. The highest BCUT2D eigenvalue weighted by atomic mass is 127. The van der Waals surface area contributed by atoms with Crippen LogP contribution in [0.2, 0.25) is 0 Å². The van der Waals surface area contributed by atoms with E-state index < -0.39 is 0 Å². The molecular formula is C16H16IN5O3. The van der Waals surface area contributed by atoms with Crippen molar-refractivity contribution >= 4 is 45.3 Å². The molecule has 0 spiro atoms. The number of methoxy groups -OCH3 is 1. The van der Waals surface area contributed by atoms with Crippen molar-refractivity contribution in [3.05, 3.63) is 28.4 Å². The van der Waals surface area contributed by atoms with Gasteiger partial charge in [0, 0.05) is 41.0 Å². The Hall–Kier alpha value is -2.14. The molecule has 8 nitrogen and oxygen atoms in total. The Labute approximate surface area is 157 Å². The summed E-state index contributed by atoms with van der Waals surface area (Å²) >= 11 is 2.08. The van der Waals surface area contributed by atoms with Crippen LogP contribution in [0, 0.1) is 3.83 Å². The summed E-state index contributed by atoms with van der Waals surface area (Å²) < 4.78 is 13.4. The number of nitrogens with one attached hydrogen (secondary N) is 1. The van der Waals surface area contributed by atoms with Crippen LogP contribution in [0.5, 0.6) is 11.5 Å². The molecular weight excluding hydrogens is 437 g/mol. The van der Waals surface area contributed by atoms with E-state index in [9.17, 15) is 5.11 Å². The SMILES string of the molecule is COc1ccc(Nc2nc(I)nc3c2ncn3C2CCCO2)cc1O. The van der Waals surface area contributed by atoms with E-state index in [2.05, 4.69) is 42.9 Å². The molecule has 3 aromatic rings. The van der Waals surface area contributed by atoms with Crippen molar-refractivity contribution in [3.8, 4) is 11.5 Å². The third kappa shape index (κ3) is 3.09. The van der Waals surface area contributed by atoms with Crippen LogP contribution in [-0.4, -0.2) is 38.3 Å². The van der Waals surface area contributed by atoms with E-state index >= 15 is 0 Å². The lowest BCUT2D eigenvalue weighted by Gasteiger charge is -2.12. The molecule has 1 saturated heterocycles. The van der Waals surface area contributed by atoms with Gasteiger partial charge in [-0.3, -0.25) is 4.57 Å². The van der Waals surface area contributed by atoms with Crippen LogP contribution in [-0.2, 0) is 4.74 Å². The number of halogens is 1. The molecule has 4 rings (SSSR count). The largest absolute Gasteiger partial charge is 0.504 e. The number of nitrogens with zero attached hydrogens (tertiary/aromatic N) is 4. The van der Waals surface area contributed by atoms with Gasteiger partial charge in [0.2, 0.25) is 0 Å². The zero-order valence-electron chi connectivity index (χ0n) is 13.4. The molecule has 1 aliphatic heterocycles. The average molecular weight is 453 g/mol. The number of hydrogen-bond donors (Lipinski definition) is 2. The van der Waals surface area contributed by atoms with E-state index in [4.69, 9.17) is 9.47 Å². The summed E-state index contributed by atoms with van der Waals surface area (Å²) in [7, 11) is 1.51. The third-order valence-corrected chi connectivity index (χ3v) is 4.53. The summed E-state index contributed by atoms with van der Waals surface area (Å²) in [6.45, 7) is 0.753. The smallest absolute Gasteiger partial charge is 0.194 e. The summed E-state index contributed by atoms with van der Waals surface area (Å²) in [5.74, 6) is 1.05. The van der Waals surface area contributed by atoms with Gasteiger partial charge in [0.15, 0.2) is 32.3 Å². The van der Waals surface area contributed by atoms with Crippen molar-refractivity contribution in [3.63, 3.8) is 0 Å². The molecule has 2 N–H and O–H groups in total. The Kier molecular flexibility index (Phi) is 4.34. The maximum absolute atomic E-state index is 9.95. The van der Waals surface area contributed by atoms with Crippen molar-refractivity contribution in [2.75, 3.05) is 19.0 Å². The van der Waals surface area contributed by atoms with E-state index in [1.54, 1.807) is 24.5 Å². The summed E-state index contributed by atoms with van der Waals surface area (Å²) in [4.78, 5) is 13.4. The number of aromatic hydroxyl groups is 1. The number of phenolic OH excluding ortho intramolecular Hbond substituents is 1. The molecule has 0 radical (unpaired) electrons. The Morgan fingerprint density at radius 1 is 1.40 bits per heavy atom. The fourth-order valence-corrected chi connectivity index (χ4v) is 3.34. The van der Waals surface area contributed by atoms with Crippen molar-refractivity contribution in [1.82, 2.24) is 19.5 Å². The van der Waals surface area contributed by atoms with Gasteiger partial charge >= 0.3 is 0 Å². The molecule has 0 saturated carbocycles. The Morgan fingerprint density at radius 3 is 3.00 bits per heavy atom. The molecule has 9 heteroatoms. The monoisotopic (exact) mass is 453 g/mol. The number of benzene rings is 1. The first-order valence-electron chi connectivity index (χ1n) is 7.81. The quantitative estimate of drug-likeness (QED) is 0.463. The molecule has 0 bridgehead atoms. The van der Waals surface area contributed by atoms with E-state index in [-0.39, 0.29) is 12.0 Å². The molecule has 1 fully saturated rings. The molecule has 2 aromatic heterocycles. The van der Waals surface area contributed by atoms with Gasteiger partial charge in [-0.1, -0.05) is 0 Å². The zero-order valence-corrected chi connectivity index (χ0v) is 15.6. The molecule has 1 aromatic carbocycles. The molecule has 0 amide bonds. The lowest BCUT2D eigenvalue weighted by atomic mass is 10.2. The van der Waals surface area contributed by atoms with Gasteiger partial charge in [0.25, 0.3) is 0 Å². The first-order valence-corrected chi connectivity index (χ1v) is 8.89. The van der Waals surface area contributed by atoms with Crippen molar-refractivity contribution in [2.45, 2.75) is 19.1 Å². The highest BCUT2D eigenvalue weighted by Gasteiger charge is 2.22. The van der Waals surface area contributed by atoms with Crippen LogP contribution in [0.1, 0.15) is 19.1 Å². The standard InChI is InChI=1S/C16H16IN5O3/c1-24-11-5-4-9(7-10(11)23)19-14-13-15(21-16(17)20-14)22(8-18-13)12-3-2-6-25-12/h4-5,7-8,12,23H,2-3,6H2,1H3,(H,19,20,21). The van der Waals surface area contributed by atoms with Gasteiger partial charge in [0.1, 0.15) is 6.23 Å². The number of aromatic nitrogens is 4. The summed E-state index contributed by atoms with van der Waals surface area (Å²) in [6, 6.07) is 5.07. The Balaban J connectivity index is 1.73. The lowest BCUT2D eigenvalue weighted by Crippen LogP contribution is -2.08. The lowest BCUT2D eigenvalue weighted by molar-refractivity contribution is 0.0592. The summed E-state index contributed by atoms with van der Waals surface area (Å²) in [5, 5.41) is 13.1. The zero-order chi connectivity index (χ0) is 17.4. The first-order chi connectivity index (χ1) is 12.2. The average Bonchev–Trinajstić information content (AvgIpc) is 3.24. The second kappa shape index (κ2) is 6.64. The summed E-state index contributed by atoms with van der Waals surface area (Å²) in [6.07, 6.45) is 3.68. The minimum absolute atomic E-state index is 0.0337. The van der Waals surface area contributed by atoms with Crippen LogP contribution >= 0.6 is 22.6 Å². The number of anilines is 2. The molecule has 1 atom stereocenters. The van der Waals surface area contributed by atoms with Gasteiger partial charge in [0.05, 0.1) is 13.4 Å². The maximum Gasteiger partial charge on any atom is 0.194 e. The maximum atomic E-state index is 9.95. The van der Waals surface area contributed by atoms with Crippen LogP contribution in [0.25, 0.3) is 11.2 Å². The fourth-order valence-electron chi connectivity index (χ4n) is 2.87. The molecule has 0 aliphatic carbocycles. The molecule has 1 aliphatic rings. The van der Waals surface area contributed by atoms with Gasteiger partial charge in [-0.15, -0.1) is 0 Å². The number of imidazole rings is 1. The number of hydrogen-bond acceptors (Lipinski definition) is 7. The first kappa shape index (κ1) is 16.3. The third-order valence-electron chi connectivity index (χ3n) is 4.05. The van der Waals surface area contributed by atoms with Crippen molar-refractivity contribution in [1.29, 1.82) is 0 Å². The number of fused-ring (bicyclic) bond motifs is 1. The second-order valence-corrected chi connectivity index (χ2v) is 6.61. The topological polar surface area (TPSA) is 94.3 Å². The van der Waals surface area contributed by atoms with E-state index in [0.29, 0.717) is 26.6 Å². The Morgan fingerprint density at radius 2 is 2.28 bits per heavy atom. The van der Waals surface area contributed by atoms with E-state index in [1.807, 2.05) is 4.57 Å².